The number of benzene rings is 1. The molecule has 0 unspecified atom stereocenters. The van der Waals surface area contributed by atoms with Crippen LogP contribution in [-0.4, -0.2) is 25.5 Å². The normalized spacial score (nSPS) is 15.2. The van der Waals surface area contributed by atoms with Gasteiger partial charge in [-0.3, -0.25) is 4.79 Å². The van der Waals surface area contributed by atoms with E-state index in [1.165, 1.54) is 18.4 Å². The van der Waals surface area contributed by atoms with E-state index in [0.717, 1.165) is 16.9 Å². The molecule has 1 aromatic rings. The highest BCUT2D eigenvalue weighted by Crippen LogP contribution is 2.27. The summed E-state index contributed by atoms with van der Waals surface area (Å²) in [5.41, 5.74) is 1.17. The number of rotatable bonds is 7. The highest BCUT2D eigenvalue weighted by Gasteiger charge is 2.22. The summed E-state index contributed by atoms with van der Waals surface area (Å²) in [5.74, 6) is 0.887. The smallest absolute Gasteiger partial charge is 0.233 e. The van der Waals surface area contributed by atoms with Crippen molar-refractivity contribution < 1.29 is 4.79 Å². The van der Waals surface area contributed by atoms with Gasteiger partial charge in [0.05, 0.1) is 6.54 Å². The zero-order valence-electron chi connectivity index (χ0n) is 12.2. The highest BCUT2D eigenvalue weighted by atomic mass is 79.9. The van der Waals surface area contributed by atoms with E-state index in [-0.39, 0.29) is 11.3 Å². The van der Waals surface area contributed by atoms with Crippen LogP contribution in [0.5, 0.6) is 0 Å². The van der Waals surface area contributed by atoms with Crippen molar-refractivity contribution in [1.82, 2.24) is 10.6 Å². The molecule has 1 amide bonds. The minimum absolute atomic E-state index is 0.0626. The molecule has 0 radical (unpaired) electrons. The number of halogens is 1. The predicted octanol–water partition coefficient (Wildman–Crippen LogP) is 2.84. The van der Waals surface area contributed by atoms with E-state index in [1.54, 1.807) is 0 Å². The van der Waals surface area contributed by atoms with Crippen molar-refractivity contribution in [3.63, 3.8) is 0 Å². The predicted molar refractivity (Wildman–Crippen MR) is 85.8 cm³/mol. The van der Waals surface area contributed by atoms with E-state index < -0.39 is 0 Å². The van der Waals surface area contributed by atoms with Gasteiger partial charge in [0.15, 0.2) is 0 Å². The van der Waals surface area contributed by atoms with Crippen LogP contribution in [0.3, 0.4) is 0 Å². The van der Waals surface area contributed by atoms with E-state index in [2.05, 4.69) is 52.5 Å². The molecule has 2 rings (SSSR count). The fraction of sp³-hybridized carbons (Fsp3) is 0.562. The quantitative estimate of drug-likeness (QED) is 0.802. The molecule has 0 heterocycles. The van der Waals surface area contributed by atoms with Gasteiger partial charge >= 0.3 is 0 Å². The van der Waals surface area contributed by atoms with Gasteiger partial charge in [-0.1, -0.05) is 41.9 Å². The maximum Gasteiger partial charge on any atom is 0.233 e. The minimum atomic E-state index is -0.0626. The first-order chi connectivity index (χ1) is 9.47. The van der Waals surface area contributed by atoms with Gasteiger partial charge in [-0.05, 0) is 43.0 Å². The molecule has 0 spiro atoms. The first-order valence-electron chi connectivity index (χ1n) is 7.21. The van der Waals surface area contributed by atoms with Gasteiger partial charge in [0.1, 0.15) is 0 Å². The van der Waals surface area contributed by atoms with Crippen molar-refractivity contribution in [3.8, 4) is 0 Å². The Bertz CT molecular complexity index is 452. The summed E-state index contributed by atoms with van der Waals surface area (Å²) in [6.45, 7) is 6.34. The standard InChI is InChI=1S/C16H23BrN2O/c1-16(2,13-5-7-14(17)8-6-13)11-19-15(20)10-18-9-12-3-4-12/h5-8,12,18H,3-4,9-11H2,1-2H3,(H,19,20). The van der Waals surface area contributed by atoms with Crippen molar-refractivity contribution in [2.45, 2.75) is 32.1 Å². The van der Waals surface area contributed by atoms with E-state index in [1.807, 2.05) is 12.1 Å². The molecule has 1 aliphatic rings. The van der Waals surface area contributed by atoms with Gasteiger partial charge in [0, 0.05) is 16.4 Å². The number of carbonyl (C=O) groups is 1. The van der Waals surface area contributed by atoms with Crippen LogP contribution in [0.15, 0.2) is 28.7 Å². The third-order valence-electron chi connectivity index (χ3n) is 3.77. The van der Waals surface area contributed by atoms with Gasteiger partial charge in [0.2, 0.25) is 5.91 Å². The number of carbonyl (C=O) groups excluding carboxylic acids is 1. The Labute approximate surface area is 129 Å². The van der Waals surface area contributed by atoms with Crippen molar-refractivity contribution in [2.75, 3.05) is 19.6 Å². The molecule has 0 aromatic heterocycles. The summed E-state index contributed by atoms with van der Waals surface area (Å²) in [6.07, 6.45) is 2.62. The first kappa shape index (κ1) is 15.5. The number of amides is 1. The van der Waals surface area contributed by atoms with E-state index in [4.69, 9.17) is 0 Å². The summed E-state index contributed by atoms with van der Waals surface area (Å²) >= 11 is 3.44. The number of hydrogen-bond donors (Lipinski definition) is 2. The molecule has 0 bridgehead atoms. The lowest BCUT2D eigenvalue weighted by atomic mass is 9.84. The first-order valence-corrected chi connectivity index (χ1v) is 8.00. The summed E-state index contributed by atoms with van der Waals surface area (Å²) in [7, 11) is 0. The Balaban J connectivity index is 1.75. The monoisotopic (exact) mass is 338 g/mol. The average molecular weight is 339 g/mol. The van der Waals surface area contributed by atoms with E-state index in [9.17, 15) is 4.79 Å². The van der Waals surface area contributed by atoms with E-state index in [0.29, 0.717) is 13.1 Å². The van der Waals surface area contributed by atoms with Crippen molar-refractivity contribution >= 4 is 21.8 Å². The van der Waals surface area contributed by atoms with Crippen LogP contribution in [-0.2, 0) is 10.2 Å². The van der Waals surface area contributed by atoms with E-state index >= 15 is 0 Å². The molecule has 4 heteroatoms. The Morgan fingerprint density at radius 2 is 1.95 bits per heavy atom. The maximum absolute atomic E-state index is 11.8. The molecule has 1 aliphatic carbocycles. The van der Waals surface area contributed by atoms with Crippen LogP contribution in [0.25, 0.3) is 0 Å². The molecule has 0 aliphatic heterocycles. The maximum atomic E-state index is 11.8. The molecule has 0 saturated heterocycles. The molecule has 1 fully saturated rings. The van der Waals surface area contributed by atoms with Gasteiger partial charge in [0.25, 0.3) is 0 Å². The number of nitrogens with one attached hydrogen (secondary N) is 2. The largest absolute Gasteiger partial charge is 0.354 e. The fourth-order valence-corrected chi connectivity index (χ4v) is 2.36. The second-order valence-corrected chi connectivity index (χ2v) is 7.16. The third kappa shape index (κ3) is 4.91. The lowest BCUT2D eigenvalue weighted by molar-refractivity contribution is -0.120. The van der Waals surface area contributed by atoms with Crippen molar-refractivity contribution in [2.24, 2.45) is 5.92 Å². The Kier molecular flexibility index (Phi) is 5.22. The molecular formula is C16H23BrN2O. The lowest BCUT2D eigenvalue weighted by Crippen LogP contribution is -2.41. The van der Waals surface area contributed by atoms with Crippen LogP contribution < -0.4 is 10.6 Å². The highest BCUT2D eigenvalue weighted by molar-refractivity contribution is 9.10. The van der Waals surface area contributed by atoms with Crippen LogP contribution in [0.2, 0.25) is 0 Å². The molecule has 1 saturated carbocycles. The van der Waals surface area contributed by atoms with Crippen molar-refractivity contribution in [3.05, 3.63) is 34.3 Å². The van der Waals surface area contributed by atoms with Crippen LogP contribution in [0, 0.1) is 5.92 Å². The van der Waals surface area contributed by atoms with Crippen LogP contribution >= 0.6 is 15.9 Å². The van der Waals surface area contributed by atoms with Gasteiger partial charge in [-0.25, -0.2) is 0 Å². The molecular weight excluding hydrogens is 316 g/mol. The van der Waals surface area contributed by atoms with Crippen LogP contribution in [0.4, 0.5) is 0 Å². The molecule has 1 aromatic carbocycles. The zero-order valence-corrected chi connectivity index (χ0v) is 13.8. The molecule has 20 heavy (non-hydrogen) atoms. The molecule has 2 N–H and O–H groups in total. The molecule has 110 valence electrons. The van der Waals surface area contributed by atoms with Gasteiger partial charge in [-0.2, -0.15) is 0 Å². The third-order valence-corrected chi connectivity index (χ3v) is 4.30. The van der Waals surface area contributed by atoms with Gasteiger partial charge < -0.3 is 10.6 Å². The van der Waals surface area contributed by atoms with Crippen LogP contribution in [0.1, 0.15) is 32.3 Å². The Morgan fingerprint density at radius 3 is 2.55 bits per heavy atom. The SMILES string of the molecule is CC(C)(CNC(=O)CNCC1CC1)c1ccc(Br)cc1. The average Bonchev–Trinajstić information content (AvgIpc) is 3.21. The summed E-state index contributed by atoms with van der Waals surface area (Å²) in [5, 5.41) is 6.23. The summed E-state index contributed by atoms with van der Waals surface area (Å²) < 4.78 is 1.07. The minimum Gasteiger partial charge on any atom is -0.354 e. The Hall–Kier alpha value is -0.870. The second-order valence-electron chi connectivity index (χ2n) is 6.24. The van der Waals surface area contributed by atoms with Gasteiger partial charge in [-0.15, -0.1) is 0 Å². The molecule has 3 nitrogen and oxygen atoms in total. The van der Waals surface area contributed by atoms with Crippen molar-refractivity contribution in [1.29, 1.82) is 0 Å². The lowest BCUT2D eigenvalue weighted by Gasteiger charge is -2.25. The topological polar surface area (TPSA) is 41.1 Å². The fourth-order valence-electron chi connectivity index (χ4n) is 2.10. The summed E-state index contributed by atoms with van der Waals surface area (Å²) in [4.78, 5) is 11.8. The summed E-state index contributed by atoms with van der Waals surface area (Å²) in [6, 6.07) is 8.27. The second kappa shape index (κ2) is 6.72. The Morgan fingerprint density at radius 1 is 1.30 bits per heavy atom. The molecule has 0 atom stereocenters. The number of hydrogen-bond acceptors (Lipinski definition) is 2. The zero-order chi connectivity index (χ0) is 14.6.